The average molecular weight is 766 g/mol. The van der Waals surface area contributed by atoms with Crippen LogP contribution in [0, 0.1) is 0 Å². The Kier molecular flexibility index (Phi) is 16.8. The predicted octanol–water partition coefficient (Wildman–Crippen LogP) is 3.01. The molecule has 55 heavy (non-hydrogen) atoms. The quantitative estimate of drug-likeness (QED) is 0.191. The highest BCUT2D eigenvalue weighted by molar-refractivity contribution is 5.95. The first-order valence-electron chi connectivity index (χ1n) is 18.9. The molecular weight excluding hydrogens is 706 g/mol. The van der Waals surface area contributed by atoms with Crippen LogP contribution in [0.2, 0.25) is 0 Å². The first kappa shape index (κ1) is 44.1. The van der Waals surface area contributed by atoms with Crippen LogP contribution in [0.15, 0.2) is 54.6 Å². The Labute approximate surface area is 324 Å². The van der Waals surface area contributed by atoms with Crippen LogP contribution in [-0.2, 0) is 36.8 Å². The van der Waals surface area contributed by atoms with Gasteiger partial charge in [0, 0.05) is 32.5 Å². The molecule has 1 heterocycles. The molecule has 0 aliphatic carbocycles. The lowest BCUT2D eigenvalue weighted by molar-refractivity contribution is -0.134. The molecule has 0 radical (unpaired) electrons. The molecule has 1 fully saturated rings. The van der Waals surface area contributed by atoms with Crippen molar-refractivity contribution in [2.24, 2.45) is 0 Å². The summed E-state index contributed by atoms with van der Waals surface area (Å²) in [6, 6.07) is 11.4. The van der Waals surface area contributed by atoms with Gasteiger partial charge in [-0.3, -0.25) is 19.2 Å². The van der Waals surface area contributed by atoms with Crippen LogP contribution in [0.25, 0.3) is 0 Å². The van der Waals surface area contributed by atoms with Gasteiger partial charge >= 0.3 is 12.1 Å². The fourth-order valence-electron chi connectivity index (χ4n) is 5.72. The van der Waals surface area contributed by atoms with E-state index < -0.39 is 71.1 Å². The van der Waals surface area contributed by atoms with E-state index in [4.69, 9.17) is 9.47 Å². The highest BCUT2D eigenvalue weighted by atomic mass is 16.6. The molecule has 7 N–H and O–H groups in total. The molecule has 2 aromatic rings. The van der Waals surface area contributed by atoms with Crippen molar-refractivity contribution in [2.75, 3.05) is 19.6 Å². The number of carbonyl (C=O) groups is 6. The third-order valence-electron chi connectivity index (χ3n) is 8.25. The summed E-state index contributed by atoms with van der Waals surface area (Å²) in [4.78, 5) is 80.4. The van der Waals surface area contributed by atoms with Gasteiger partial charge in [-0.15, -0.1) is 0 Å². The van der Waals surface area contributed by atoms with E-state index in [-0.39, 0.29) is 32.2 Å². The van der Waals surface area contributed by atoms with E-state index in [9.17, 15) is 28.8 Å². The van der Waals surface area contributed by atoms with Gasteiger partial charge in [-0.05, 0) is 97.4 Å². The van der Waals surface area contributed by atoms with Gasteiger partial charge in [0.15, 0.2) is 0 Å². The van der Waals surface area contributed by atoms with E-state index in [0.29, 0.717) is 37.2 Å². The van der Waals surface area contributed by atoms with Crippen LogP contribution >= 0.6 is 0 Å². The summed E-state index contributed by atoms with van der Waals surface area (Å²) in [6.45, 7) is 13.4. The van der Waals surface area contributed by atoms with Crippen molar-refractivity contribution < 1.29 is 38.2 Å². The van der Waals surface area contributed by atoms with E-state index in [1.165, 1.54) is 0 Å². The predicted molar refractivity (Wildman–Crippen MR) is 208 cm³/mol. The summed E-state index contributed by atoms with van der Waals surface area (Å²) in [5.41, 5.74) is 0.217. The topological polar surface area (TPSA) is 205 Å². The Morgan fingerprint density at radius 1 is 0.800 bits per heavy atom. The number of urea groups is 1. The molecule has 7 amide bonds. The molecule has 0 bridgehead atoms. The van der Waals surface area contributed by atoms with Crippen LogP contribution in [-0.4, -0.2) is 90.8 Å². The molecule has 0 unspecified atom stereocenters. The molecule has 0 spiro atoms. The Morgan fingerprint density at radius 2 is 1.47 bits per heavy atom. The second-order valence-electron chi connectivity index (χ2n) is 15.5. The molecule has 1 aliphatic heterocycles. The summed E-state index contributed by atoms with van der Waals surface area (Å²) < 4.78 is 11.4. The van der Waals surface area contributed by atoms with Crippen molar-refractivity contribution in [3.05, 3.63) is 65.7 Å². The lowest BCUT2D eigenvalue weighted by Crippen LogP contribution is -2.59. The summed E-state index contributed by atoms with van der Waals surface area (Å²) in [5, 5.41) is 19.2. The first-order valence-corrected chi connectivity index (χ1v) is 18.9. The first-order chi connectivity index (χ1) is 25.9. The lowest BCUT2D eigenvalue weighted by atomic mass is 10.0. The molecule has 302 valence electrons. The van der Waals surface area contributed by atoms with Crippen LogP contribution in [0.4, 0.5) is 9.59 Å². The van der Waals surface area contributed by atoms with Gasteiger partial charge in [0.1, 0.15) is 41.1 Å². The zero-order valence-corrected chi connectivity index (χ0v) is 33.1. The Bertz CT molecular complexity index is 1590. The Morgan fingerprint density at radius 3 is 2.11 bits per heavy atom. The van der Waals surface area contributed by atoms with Crippen molar-refractivity contribution in [3.8, 4) is 5.75 Å². The summed E-state index contributed by atoms with van der Waals surface area (Å²) in [6.07, 6.45) is 0.508. The largest absolute Gasteiger partial charge is 0.488 e. The van der Waals surface area contributed by atoms with Crippen molar-refractivity contribution in [3.63, 3.8) is 0 Å². The second-order valence-corrected chi connectivity index (χ2v) is 15.5. The second kappa shape index (κ2) is 20.9. The third kappa shape index (κ3) is 16.7. The average Bonchev–Trinajstić information content (AvgIpc) is 3.09. The standard InChI is InChI=1S/C40H59N7O8/c1-8-41-33(48)30-21-23-43-37(52)42-22-13-12-16-29(34(49)46-31(35(50)45-30)24-26-14-10-9-11-15-26)44-36(51)32(47-38(53)55-40(5,6)7)25-27-17-19-28(20-18-27)54-39(2,3)4/h9-11,14-15,17-20,29-32H,8,12-13,16,21-25H2,1-7H3,(H,41,48)(H,44,51)(H,45,50)(H,46,49)(H,47,53)(H2,42,43,52)/t29-,30+,31+,32+/m1/s1. The normalized spacial score (nSPS) is 19.6. The monoisotopic (exact) mass is 765 g/mol. The number of benzene rings is 2. The minimum Gasteiger partial charge on any atom is -0.488 e. The number of likely N-dealkylation sites (N-methyl/N-ethyl adjacent to an activating group) is 1. The molecule has 4 atom stereocenters. The van der Waals surface area contributed by atoms with Gasteiger partial charge < -0.3 is 46.7 Å². The highest BCUT2D eigenvalue weighted by Gasteiger charge is 2.32. The number of ether oxygens (including phenoxy) is 2. The maximum atomic E-state index is 14.1. The van der Waals surface area contributed by atoms with E-state index in [0.717, 1.165) is 5.56 Å². The maximum absolute atomic E-state index is 14.1. The van der Waals surface area contributed by atoms with Gasteiger partial charge in [0.2, 0.25) is 23.6 Å². The minimum atomic E-state index is -1.15. The van der Waals surface area contributed by atoms with Gasteiger partial charge in [-0.2, -0.15) is 0 Å². The van der Waals surface area contributed by atoms with Crippen molar-refractivity contribution in [1.82, 2.24) is 37.2 Å². The number of nitrogens with one attached hydrogen (secondary N) is 7. The van der Waals surface area contributed by atoms with Crippen molar-refractivity contribution >= 4 is 35.8 Å². The summed E-state index contributed by atoms with van der Waals surface area (Å²) in [5.74, 6) is -1.68. The zero-order valence-electron chi connectivity index (χ0n) is 33.1. The van der Waals surface area contributed by atoms with Crippen LogP contribution < -0.4 is 42.0 Å². The van der Waals surface area contributed by atoms with Gasteiger partial charge in [-0.25, -0.2) is 9.59 Å². The van der Waals surface area contributed by atoms with Crippen molar-refractivity contribution in [2.45, 2.75) is 122 Å². The van der Waals surface area contributed by atoms with Gasteiger partial charge in [0.25, 0.3) is 0 Å². The molecule has 0 aromatic heterocycles. The molecule has 15 nitrogen and oxygen atoms in total. The molecule has 15 heteroatoms. The number of rotatable bonds is 10. The van der Waals surface area contributed by atoms with E-state index in [2.05, 4.69) is 37.2 Å². The van der Waals surface area contributed by atoms with Crippen LogP contribution in [0.1, 0.15) is 85.3 Å². The molecule has 1 aliphatic rings. The molecule has 2 aromatic carbocycles. The highest BCUT2D eigenvalue weighted by Crippen LogP contribution is 2.20. The fraction of sp³-hybridized carbons (Fsp3) is 0.550. The van der Waals surface area contributed by atoms with Crippen LogP contribution in [0.5, 0.6) is 5.75 Å². The number of carbonyl (C=O) groups excluding carboxylic acids is 6. The number of hydrogen-bond donors (Lipinski definition) is 7. The molecule has 3 rings (SSSR count). The molecule has 1 saturated heterocycles. The Balaban J connectivity index is 1.92. The maximum Gasteiger partial charge on any atom is 0.408 e. The number of amides is 7. The van der Waals surface area contributed by atoms with Gasteiger partial charge in [-0.1, -0.05) is 42.5 Å². The smallest absolute Gasteiger partial charge is 0.408 e. The van der Waals surface area contributed by atoms with Crippen molar-refractivity contribution in [1.29, 1.82) is 0 Å². The number of hydrogen-bond acceptors (Lipinski definition) is 8. The SMILES string of the molecule is CCNC(=O)[C@@H]1CCNC(=O)NCCCC[C@@H](NC(=O)[C@H](Cc2ccc(OC(C)(C)C)cc2)NC(=O)OC(C)(C)C)C(=O)N[C@@H](Cc2ccccc2)C(=O)N1. The third-order valence-corrected chi connectivity index (χ3v) is 8.25. The summed E-state index contributed by atoms with van der Waals surface area (Å²) >= 11 is 0. The minimum absolute atomic E-state index is 0.0640. The van der Waals surface area contributed by atoms with Crippen LogP contribution in [0.3, 0.4) is 0 Å². The molecule has 0 saturated carbocycles. The molecular formula is C40H59N7O8. The van der Waals surface area contributed by atoms with E-state index >= 15 is 0 Å². The van der Waals surface area contributed by atoms with E-state index in [1.54, 1.807) is 52.0 Å². The fourth-order valence-corrected chi connectivity index (χ4v) is 5.72. The Hall–Kier alpha value is -5.34. The lowest BCUT2D eigenvalue weighted by Gasteiger charge is -2.27. The van der Waals surface area contributed by atoms with E-state index in [1.807, 2.05) is 51.1 Å². The number of alkyl carbamates (subject to hydrolysis) is 1. The van der Waals surface area contributed by atoms with Gasteiger partial charge in [0.05, 0.1) is 0 Å². The zero-order chi connectivity index (χ0) is 40.6. The summed E-state index contributed by atoms with van der Waals surface area (Å²) in [7, 11) is 0.